The van der Waals surface area contributed by atoms with Crippen molar-refractivity contribution in [3.63, 3.8) is 0 Å². The molecule has 0 rings (SSSR count). The minimum Gasteiger partial charge on any atom is -0.481 e. The van der Waals surface area contributed by atoms with Crippen LogP contribution in [0.2, 0.25) is 0 Å². The Morgan fingerprint density at radius 1 is 0.773 bits per heavy atom. The van der Waals surface area contributed by atoms with Crippen molar-refractivity contribution >= 4 is 5.97 Å². The number of hydrogen-bond acceptors (Lipinski definition) is 1. The first-order valence-corrected chi connectivity index (χ1v) is 9.14. The third-order valence-electron chi connectivity index (χ3n) is 3.75. The molecule has 0 amide bonds. The Labute approximate surface area is 137 Å². The quantitative estimate of drug-likeness (QED) is 0.276. The highest BCUT2D eigenvalue weighted by Crippen LogP contribution is 2.11. The maximum Gasteiger partial charge on any atom is 0.303 e. The third-order valence-corrected chi connectivity index (χ3v) is 3.75. The van der Waals surface area contributed by atoms with E-state index in [1.165, 1.54) is 44.9 Å². The summed E-state index contributed by atoms with van der Waals surface area (Å²) in [6, 6.07) is 0. The van der Waals surface area contributed by atoms with E-state index in [1.54, 1.807) is 0 Å². The molecule has 1 N–H and O–H groups in total. The van der Waals surface area contributed by atoms with Crippen LogP contribution in [0.15, 0.2) is 24.3 Å². The van der Waals surface area contributed by atoms with Gasteiger partial charge in [0.2, 0.25) is 0 Å². The van der Waals surface area contributed by atoms with Gasteiger partial charge in [-0.2, -0.15) is 0 Å². The van der Waals surface area contributed by atoms with E-state index in [0.717, 1.165) is 31.6 Å². The van der Waals surface area contributed by atoms with Crippen molar-refractivity contribution in [3.05, 3.63) is 24.3 Å². The maximum absolute atomic E-state index is 10.3. The predicted molar refractivity (Wildman–Crippen MR) is 96.2 cm³/mol. The first kappa shape index (κ1) is 20.9. The average Bonchev–Trinajstić information content (AvgIpc) is 2.46. The molecule has 22 heavy (non-hydrogen) atoms. The summed E-state index contributed by atoms with van der Waals surface area (Å²) in [4.78, 5) is 10.3. The van der Waals surface area contributed by atoms with Crippen molar-refractivity contribution in [2.45, 2.75) is 90.9 Å². The van der Waals surface area contributed by atoms with Gasteiger partial charge in [-0.15, -0.1) is 0 Å². The summed E-state index contributed by atoms with van der Waals surface area (Å²) in [5.74, 6) is 0.158. The van der Waals surface area contributed by atoms with Crippen molar-refractivity contribution in [1.82, 2.24) is 0 Å². The van der Waals surface area contributed by atoms with Gasteiger partial charge in [-0.25, -0.2) is 0 Å². The van der Waals surface area contributed by atoms with Crippen LogP contribution in [-0.4, -0.2) is 11.1 Å². The predicted octanol–water partition coefficient (Wildman–Crippen LogP) is 6.52. The molecule has 0 saturated heterocycles. The molecule has 0 aliphatic rings. The first-order chi connectivity index (χ1) is 10.6. The molecule has 2 heteroatoms. The minimum absolute atomic E-state index is 0.279. The summed E-state index contributed by atoms with van der Waals surface area (Å²) < 4.78 is 0. The van der Waals surface area contributed by atoms with Gasteiger partial charge in [0.25, 0.3) is 0 Å². The smallest absolute Gasteiger partial charge is 0.303 e. The number of rotatable bonds is 15. The molecular weight excluding hydrogens is 272 g/mol. The normalized spacial score (nSPS) is 12.0. The molecule has 0 aliphatic carbocycles. The molecular formula is C20H36O2. The van der Waals surface area contributed by atoms with Crippen molar-refractivity contribution in [3.8, 4) is 0 Å². The van der Waals surface area contributed by atoms with E-state index in [9.17, 15) is 4.79 Å². The Hall–Kier alpha value is -1.05. The van der Waals surface area contributed by atoms with Crippen LogP contribution in [-0.2, 0) is 4.79 Å². The molecule has 0 atom stereocenters. The largest absolute Gasteiger partial charge is 0.481 e. The second-order valence-electron chi connectivity index (χ2n) is 6.55. The molecule has 0 aromatic rings. The molecule has 0 spiro atoms. The zero-order valence-corrected chi connectivity index (χ0v) is 14.7. The molecule has 0 saturated carbocycles. The van der Waals surface area contributed by atoms with Crippen LogP contribution in [0.5, 0.6) is 0 Å². The van der Waals surface area contributed by atoms with E-state index in [-0.39, 0.29) is 6.42 Å². The number of carboxylic acid groups (broad SMARTS) is 1. The fraction of sp³-hybridized carbons (Fsp3) is 0.750. The van der Waals surface area contributed by atoms with Crippen LogP contribution in [0.3, 0.4) is 0 Å². The zero-order valence-electron chi connectivity index (χ0n) is 14.7. The third kappa shape index (κ3) is 18.9. The monoisotopic (exact) mass is 308 g/mol. The maximum atomic E-state index is 10.3. The molecule has 0 fully saturated rings. The molecule has 0 radical (unpaired) electrons. The summed E-state index contributed by atoms with van der Waals surface area (Å²) >= 11 is 0. The van der Waals surface area contributed by atoms with E-state index in [0.29, 0.717) is 0 Å². The van der Waals surface area contributed by atoms with E-state index in [1.807, 2.05) is 0 Å². The van der Waals surface area contributed by atoms with Gasteiger partial charge in [0.1, 0.15) is 0 Å². The highest BCUT2D eigenvalue weighted by atomic mass is 16.4. The van der Waals surface area contributed by atoms with Crippen molar-refractivity contribution in [1.29, 1.82) is 0 Å². The van der Waals surface area contributed by atoms with Crippen LogP contribution >= 0.6 is 0 Å². The number of unbranched alkanes of at least 4 members (excludes halogenated alkanes) is 7. The van der Waals surface area contributed by atoms with Gasteiger partial charge in [0.15, 0.2) is 0 Å². The molecule has 128 valence electrons. The van der Waals surface area contributed by atoms with Crippen LogP contribution < -0.4 is 0 Å². The van der Waals surface area contributed by atoms with Gasteiger partial charge in [0.05, 0.1) is 0 Å². The van der Waals surface area contributed by atoms with E-state index in [2.05, 4.69) is 38.2 Å². The fourth-order valence-corrected chi connectivity index (χ4v) is 2.38. The average molecular weight is 309 g/mol. The lowest BCUT2D eigenvalue weighted by molar-refractivity contribution is -0.137. The second-order valence-corrected chi connectivity index (χ2v) is 6.55. The number of carboxylic acids is 1. The van der Waals surface area contributed by atoms with Crippen LogP contribution in [0.4, 0.5) is 0 Å². The highest BCUT2D eigenvalue weighted by Gasteiger charge is 1.94. The lowest BCUT2D eigenvalue weighted by Crippen LogP contribution is -1.92. The van der Waals surface area contributed by atoms with Gasteiger partial charge in [-0.05, 0) is 44.4 Å². The van der Waals surface area contributed by atoms with E-state index < -0.39 is 5.97 Å². The molecule has 0 aromatic heterocycles. The van der Waals surface area contributed by atoms with Gasteiger partial charge < -0.3 is 5.11 Å². The molecule has 0 bridgehead atoms. The Morgan fingerprint density at radius 2 is 1.27 bits per heavy atom. The lowest BCUT2D eigenvalue weighted by atomic mass is 10.0. The molecule has 2 nitrogen and oxygen atoms in total. The molecule has 0 aliphatic heterocycles. The fourth-order valence-electron chi connectivity index (χ4n) is 2.38. The van der Waals surface area contributed by atoms with Crippen molar-refractivity contribution in [2.75, 3.05) is 0 Å². The zero-order chi connectivity index (χ0) is 16.5. The van der Waals surface area contributed by atoms with Crippen LogP contribution in [0.1, 0.15) is 90.9 Å². The molecule has 0 aromatic carbocycles. The van der Waals surface area contributed by atoms with Gasteiger partial charge in [-0.3, -0.25) is 4.79 Å². The summed E-state index contributed by atoms with van der Waals surface area (Å²) in [6.07, 6.45) is 22.4. The SMILES string of the molecule is CC(C)CCCCCCCC=CCCC=CCCCC(=O)O. The Kier molecular flexibility index (Phi) is 15.5. The molecule has 0 unspecified atom stereocenters. The Morgan fingerprint density at radius 3 is 1.86 bits per heavy atom. The number of carbonyl (C=O) groups is 1. The second kappa shape index (κ2) is 16.3. The first-order valence-electron chi connectivity index (χ1n) is 9.14. The van der Waals surface area contributed by atoms with Crippen LogP contribution in [0, 0.1) is 5.92 Å². The number of allylic oxidation sites excluding steroid dienone is 4. The Bertz CT molecular complexity index is 303. The summed E-state index contributed by atoms with van der Waals surface area (Å²) in [6.45, 7) is 4.60. The molecule has 0 heterocycles. The topological polar surface area (TPSA) is 37.3 Å². The van der Waals surface area contributed by atoms with Crippen LogP contribution in [0.25, 0.3) is 0 Å². The summed E-state index contributed by atoms with van der Waals surface area (Å²) in [7, 11) is 0. The van der Waals surface area contributed by atoms with E-state index in [4.69, 9.17) is 5.11 Å². The lowest BCUT2D eigenvalue weighted by Gasteiger charge is -2.03. The van der Waals surface area contributed by atoms with Gasteiger partial charge >= 0.3 is 5.97 Å². The van der Waals surface area contributed by atoms with Gasteiger partial charge in [-0.1, -0.05) is 70.3 Å². The van der Waals surface area contributed by atoms with Crippen molar-refractivity contribution in [2.24, 2.45) is 5.92 Å². The number of hydrogen-bond donors (Lipinski definition) is 1. The highest BCUT2D eigenvalue weighted by molar-refractivity contribution is 5.66. The summed E-state index contributed by atoms with van der Waals surface area (Å²) in [5.41, 5.74) is 0. The Balaban J connectivity index is 3.21. The standard InChI is InChI=1S/C20H36O2/c1-19(2)17-15-13-11-9-7-5-3-4-6-8-10-12-14-16-18-20(21)22/h3-4,10,12,19H,5-9,11,13-18H2,1-2H3,(H,21,22). The van der Waals surface area contributed by atoms with Gasteiger partial charge in [0, 0.05) is 6.42 Å². The minimum atomic E-state index is -0.698. The van der Waals surface area contributed by atoms with E-state index >= 15 is 0 Å². The summed E-state index contributed by atoms with van der Waals surface area (Å²) in [5, 5.41) is 8.51. The number of aliphatic carboxylic acids is 1. The van der Waals surface area contributed by atoms with Crippen molar-refractivity contribution < 1.29 is 9.90 Å².